The molecule has 6 nitrogen and oxygen atoms in total. The molecule has 0 spiro atoms. The quantitative estimate of drug-likeness (QED) is 0.302. The Hall–Kier alpha value is -2.84. The number of alkyl halides is 3. The first kappa shape index (κ1) is 22.8. The van der Waals surface area contributed by atoms with Gasteiger partial charge in [-0.15, -0.1) is 0 Å². The minimum absolute atomic E-state index is 0.0194. The second-order valence-electron chi connectivity index (χ2n) is 7.79. The van der Waals surface area contributed by atoms with E-state index in [4.69, 9.17) is 9.78 Å². The molecule has 9 heteroatoms. The molecule has 1 aliphatic carbocycles. The maximum absolute atomic E-state index is 13.2. The summed E-state index contributed by atoms with van der Waals surface area (Å²) in [4.78, 5) is 33.8. The molecule has 3 rings (SSSR count). The summed E-state index contributed by atoms with van der Waals surface area (Å²) in [6, 6.07) is 4.67. The van der Waals surface area contributed by atoms with Crippen molar-refractivity contribution in [2.45, 2.75) is 71.5 Å². The summed E-state index contributed by atoms with van der Waals surface area (Å²) in [6.45, 7) is 4.96. The number of benzene rings is 1. The molecule has 0 amide bonds. The van der Waals surface area contributed by atoms with Gasteiger partial charge in [0.15, 0.2) is 17.2 Å². The Morgan fingerprint density at radius 1 is 1.19 bits per heavy atom. The summed E-state index contributed by atoms with van der Waals surface area (Å²) in [5.74, 6) is -0.365. The van der Waals surface area contributed by atoms with Crippen LogP contribution >= 0.6 is 0 Å². The zero-order chi connectivity index (χ0) is 22.8. The number of halogens is 3. The zero-order valence-electron chi connectivity index (χ0n) is 17.7. The molecular weight excluding hydrogens is 413 g/mol. The molecule has 0 unspecified atom stereocenters. The average molecular weight is 438 g/mol. The van der Waals surface area contributed by atoms with Gasteiger partial charge in [-0.2, -0.15) is 18.3 Å². The van der Waals surface area contributed by atoms with Crippen LogP contribution in [0, 0.1) is 13.8 Å². The number of aryl methyl sites for hydroxylation is 1. The predicted molar refractivity (Wildman–Crippen MR) is 106 cm³/mol. The lowest BCUT2D eigenvalue weighted by atomic mass is 10.0. The van der Waals surface area contributed by atoms with Gasteiger partial charge in [-0.05, 0) is 63.3 Å². The minimum Gasteiger partial charge on any atom is -0.294 e. The van der Waals surface area contributed by atoms with Gasteiger partial charge in [0.25, 0.3) is 0 Å². The number of aromatic nitrogens is 2. The summed E-state index contributed by atoms with van der Waals surface area (Å²) in [7, 11) is 0. The molecule has 2 aromatic rings. The summed E-state index contributed by atoms with van der Waals surface area (Å²) in [6.07, 6.45) is -1.82. The van der Waals surface area contributed by atoms with Crippen LogP contribution in [0.4, 0.5) is 13.2 Å². The van der Waals surface area contributed by atoms with Crippen molar-refractivity contribution in [3.05, 3.63) is 46.3 Å². The fourth-order valence-electron chi connectivity index (χ4n) is 3.37. The van der Waals surface area contributed by atoms with E-state index in [0.29, 0.717) is 29.0 Å². The van der Waals surface area contributed by atoms with Gasteiger partial charge in [0.05, 0.1) is 6.04 Å². The number of hydrogen-bond acceptors (Lipinski definition) is 5. The van der Waals surface area contributed by atoms with Gasteiger partial charge in [0.2, 0.25) is 0 Å². The van der Waals surface area contributed by atoms with Crippen LogP contribution in [0.5, 0.6) is 5.75 Å². The lowest BCUT2D eigenvalue weighted by Crippen LogP contribution is -2.09. The second-order valence-corrected chi connectivity index (χ2v) is 7.79. The van der Waals surface area contributed by atoms with Crippen LogP contribution in [0.1, 0.15) is 77.9 Å². The topological polar surface area (TPSA) is 70.4 Å². The largest absolute Gasteiger partial charge is 0.435 e. The van der Waals surface area contributed by atoms with Gasteiger partial charge in [-0.1, -0.05) is 6.92 Å². The maximum Gasteiger partial charge on any atom is 0.435 e. The van der Waals surface area contributed by atoms with Crippen LogP contribution in [0.15, 0.2) is 18.2 Å². The van der Waals surface area contributed by atoms with Gasteiger partial charge < -0.3 is 0 Å². The Kier molecular flexibility index (Phi) is 6.71. The smallest absolute Gasteiger partial charge is 0.294 e. The molecule has 0 saturated heterocycles. The lowest BCUT2D eigenvalue weighted by Gasteiger charge is -2.09. The summed E-state index contributed by atoms with van der Waals surface area (Å²) >= 11 is 0. The monoisotopic (exact) mass is 438 g/mol. The van der Waals surface area contributed by atoms with E-state index in [-0.39, 0.29) is 36.7 Å². The molecule has 1 aliphatic rings. The first-order chi connectivity index (χ1) is 14.6. The lowest BCUT2D eigenvalue weighted by molar-refractivity contribution is -0.214. The minimum atomic E-state index is -4.52. The van der Waals surface area contributed by atoms with Crippen LogP contribution in [-0.2, 0) is 22.3 Å². The fraction of sp³-hybridized carbons (Fsp3) is 0.500. The SMILES string of the molecule is CCCC(=O)OOc1ccc(C(=O)CCc2c(C)c(C(F)(F)F)nn2C2CC2)cc1C. The van der Waals surface area contributed by atoms with Crippen molar-refractivity contribution in [3.63, 3.8) is 0 Å². The first-order valence-corrected chi connectivity index (χ1v) is 10.3. The van der Waals surface area contributed by atoms with E-state index >= 15 is 0 Å². The summed E-state index contributed by atoms with van der Waals surface area (Å²) in [5, 5.41) is 3.79. The van der Waals surface area contributed by atoms with Crippen molar-refractivity contribution in [1.29, 1.82) is 0 Å². The highest BCUT2D eigenvalue weighted by Crippen LogP contribution is 2.40. The third-order valence-corrected chi connectivity index (χ3v) is 5.20. The highest BCUT2D eigenvalue weighted by molar-refractivity contribution is 5.96. The molecule has 1 fully saturated rings. The Labute approximate surface area is 178 Å². The van der Waals surface area contributed by atoms with Gasteiger partial charge in [-0.3, -0.25) is 19.3 Å². The molecule has 0 N–H and O–H groups in total. The predicted octanol–water partition coefficient (Wildman–Crippen LogP) is 5.31. The van der Waals surface area contributed by atoms with Gasteiger partial charge >= 0.3 is 12.1 Å². The third-order valence-electron chi connectivity index (χ3n) is 5.20. The number of Topliss-reactive ketones (excluding diaryl/α,β-unsaturated/α-hetero) is 1. The number of rotatable bonds is 9. The van der Waals surface area contributed by atoms with Crippen LogP contribution in [0.3, 0.4) is 0 Å². The van der Waals surface area contributed by atoms with Crippen molar-refractivity contribution in [1.82, 2.24) is 9.78 Å². The van der Waals surface area contributed by atoms with Crippen LogP contribution in [0.2, 0.25) is 0 Å². The molecule has 0 radical (unpaired) electrons. The van der Waals surface area contributed by atoms with E-state index in [1.165, 1.54) is 17.7 Å². The fourth-order valence-corrected chi connectivity index (χ4v) is 3.37. The molecule has 1 heterocycles. The van der Waals surface area contributed by atoms with E-state index in [9.17, 15) is 22.8 Å². The standard InChI is InChI=1S/C22H25F3N2O4/c1-4-5-20(29)31-30-19-11-6-15(12-13(19)2)18(28)10-9-17-14(3)21(22(23,24)25)26-27(17)16-7-8-16/h6,11-12,16H,4-5,7-10H2,1-3H3. The van der Waals surface area contributed by atoms with E-state index in [1.54, 1.807) is 19.1 Å². The second kappa shape index (κ2) is 9.11. The van der Waals surface area contributed by atoms with Crippen molar-refractivity contribution >= 4 is 11.8 Å². The maximum atomic E-state index is 13.2. The van der Waals surface area contributed by atoms with Gasteiger partial charge in [0.1, 0.15) is 0 Å². The molecule has 0 aliphatic heterocycles. The Morgan fingerprint density at radius 3 is 2.48 bits per heavy atom. The molecule has 0 atom stereocenters. The number of carbonyl (C=O) groups excluding carboxylic acids is 2. The van der Waals surface area contributed by atoms with Crippen LogP contribution < -0.4 is 4.89 Å². The summed E-state index contributed by atoms with van der Waals surface area (Å²) in [5.41, 5.74) is 0.685. The average Bonchev–Trinajstić information content (AvgIpc) is 3.48. The number of ketones is 1. The normalized spacial score (nSPS) is 13.9. The van der Waals surface area contributed by atoms with E-state index in [0.717, 1.165) is 12.8 Å². The van der Waals surface area contributed by atoms with E-state index in [1.807, 2.05) is 6.92 Å². The van der Waals surface area contributed by atoms with Crippen molar-refractivity contribution < 1.29 is 32.5 Å². The summed E-state index contributed by atoms with van der Waals surface area (Å²) < 4.78 is 41.2. The Balaban J connectivity index is 1.68. The van der Waals surface area contributed by atoms with Gasteiger partial charge in [0, 0.05) is 29.7 Å². The number of hydrogen-bond donors (Lipinski definition) is 0. The van der Waals surface area contributed by atoms with Crippen molar-refractivity contribution in [2.24, 2.45) is 0 Å². The molecule has 1 aromatic carbocycles. The molecule has 31 heavy (non-hydrogen) atoms. The first-order valence-electron chi connectivity index (χ1n) is 10.3. The number of carbonyl (C=O) groups is 2. The van der Waals surface area contributed by atoms with E-state index < -0.39 is 17.8 Å². The van der Waals surface area contributed by atoms with Crippen molar-refractivity contribution in [3.8, 4) is 5.75 Å². The highest BCUT2D eigenvalue weighted by Gasteiger charge is 2.40. The van der Waals surface area contributed by atoms with Gasteiger partial charge in [-0.25, -0.2) is 4.79 Å². The Morgan fingerprint density at radius 2 is 1.90 bits per heavy atom. The molecule has 0 bridgehead atoms. The molecule has 168 valence electrons. The highest BCUT2D eigenvalue weighted by atomic mass is 19.4. The zero-order valence-corrected chi connectivity index (χ0v) is 17.7. The Bertz CT molecular complexity index is 978. The third kappa shape index (κ3) is 5.45. The molecule has 1 saturated carbocycles. The number of nitrogens with zero attached hydrogens (tertiary/aromatic N) is 2. The van der Waals surface area contributed by atoms with Crippen LogP contribution in [0.25, 0.3) is 0 Å². The van der Waals surface area contributed by atoms with Crippen molar-refractivity contribution in [2.75, 3.05) is 0 Å². The van der Waals surface area contributed by atoms with Crippen LogP contribution in [-0.4, -0.2) is 21.5 Å². The molecule has 1 aromatic heterocycles. The van der Waals surface area contributed by atoms with E-state index in [2.05, 4.69) is 5.10 Å². The molecular formula is C22H25F3N2O4.